The van der Waals surface area contributed by atoms with Crippen LogP contribution in [0.2, 0.25) is 0 Å². The Labute approximate surface area is 161 Å². The first-order valence-corrected chi connectivity index (χ1v) is 8.92. The van der Waals surface area contributed by atoms with E-state index >= 15 is 4.39 Å². The third-order valence-corrected chi connectivity index (χ3v) is 5.49. The van der Waals surface area contributed by atoms with E-state index in [0.717, 1.165) is 0 Å². The minimum atomic E-state index is -2.00. The van der Waals surface area contributed by atoms with Crippen LogP contribution in [-0.4, -0.2) is 75.5 Å². The van der Waals surface area contributed by atoms with E-state index in [-0.39, 0.29) is 5.88 Å². The number of para-hydroxylation sites is 1. The van der Waals surface area contributed by atoms with E-state index < -0.39 is 36.6 Å². The predicted molar refractivity (Wildman–Crippen MR) is 93.5 cm³/mol. The minimum absolute atomic E-state index is 0.123. The molecule has 6 rings (SSSR count). The first-order chi connectivity index (χ1) is 14.1. The molecule has 0 spiro atoms. The molecule has 3 aromatic heterocycles. The van der Waals surface area contributed by atoms with Gasteiger partial charge in [-0.3, -0.25) is 0 Å². The molecule has 1 saturated heterocycles. The fourth-order valence-electron chi connectivity index (χ4n) is 4.00. The second-order valence-electron chi connectivity index (χ2n) is 7.04. The number of nitrogens with zero attached hydrogens (tertiary/aromatic N) is 7. The van der Waals surface area contributed by atoms with Crippen molar-refractivity contribution < 1.29 is 24.2 Å². The Balaban J connectivity index is 1.37. The number of aliphatic hydroxyl groups is 2. The molecule has 11 nitrogen and oxygen atoms in total. The highest BCUT2D eigenvalue weighted by molar-refractivity contribution is 5.77. The number of imidazole rings is 1. The topological polar surface area (TPSA) is 133 Å². The normalized spacial score (nSPS) is 30.7. The smallest absolute Gasteiger partial charge is 0.280 e. The summed E-state index contributed by atoms with van der Waals surface area (Å²) in [6.07, 6.45) is -0.582. The van der Waals surface area contributed by atoms with E-state index in [0.29, 0.717) is 22.2 Å². The molecule has 1 aliphatic heterocycles. The highest BCUT2D eigenvalue weighted by atomic mass is 19.1. The standard InChI is InChI=1S/C17H14FN7O4/c18-17-12(14(17)28-10(5-26)13(17)27)24-7-21-11-15(24)19-6-20-16(11)29-25-9-4-2-1-3-8(9)22-23-25/h1-4,6-7,10,12-14,26-27H,5H2/t10-,12?,13-,14+,17-/m1/s1. The van der Waals surface area contributed by atoms with E-state index in [9.17, 15) is 10.2 Å². The molecule has 12 heteroatoms. The average molecular weight is 399 g/mol. The summed E-state index contributed by atoms with van der Waals surface area (Å²) in [6.45, 7) is -0.452. The molecule has 0 bridgehead atoms. The number of aromatic nitrogens is 7. The van der Waals surface area contributed by atoms with Crippen LogP contribution in [0.25, 0.3) is 22.2 Å². The lowest BCUT2D eigenvalue weighted by Gasteiger charge is -2.19. The van der Waals surface area contributed by atoms with E-state index in [1.807, 2.05) is 12.1 Å². The summed E-state index contributed by atoms with van der Waals surface area (Å²) >= 11 is 0. The van der Waals surface area contributed by atoms with Crippen LogP contribution in [0, 0.1) is 0 Å². The molecule has 1 aliphatic carbocycles. The largest absolute Gasteiger partial charge is 0.394 e. The fourth-order valence-corrected chi connectivity index (χ4v) is 4.00. The van der Waals surface area contributed by atoms with Gasteiger partial charge < -0.3 is 24.4 Å². The SMILES string of the molecule is OC[C@H]1O[C@H]2C(n3cnc4c(On5nnc6ccccc65)ncnc43)[C@@]2(F)[C@@H]1O. The van der Waals surface area contributed by atoms with Crippen LogP contribution in [-0.2, 0) is 4.74 Å². The Morgan fingerprint density at radius 1 is 1.24 bits per heavy atom. The van der Waals surface area contributed by atoms with Crippen molar-refractivity contribution in [1.29, 1.82) is 0 Å². The number of fused-ring (bicyclic) bond motifs is 3. The van der Waals surface area contributed by atoms with Crippen LogP contribution in [0.5, 0.6) is 5.88 Å². The number of rotatable bonds is 4. The number of hydrogen-bond donors (Lipinski definition) is 2. The van der Waals surface area contributed by atoms with Crippen LogP contribution in [0.1, 0.15) is 6.04 Å². The molecule has 5 atom stereocenters. The van der Waals surface area contributed by atoms with Crippen molar-refractivity contribution in [3.8, 4) is 5.88 Å². The second kappa shape index (κ2) is 5.65. The first kappa shape index (κ1) is 16.7. The summed E-state index contributed by atoms with van der Waals surface area (Å²) in [7, 11) is 0. The third kappa shape index (κ3) is 2.13. The summed E-state index contributed by atoms with van der Waals surface area (Å²) in [5.74, 6) is 0.123. The number of ether oxygens (including phenoxy) is 1. The van der Waals surface area contributed by atoms with Gasteiger partial charge in [0.05, 0.1) is 12.9 Å². The van der Waals surface area contributed by atoms with E-state index in [1.54, 1.807) is 12.1 Å². The quantitative estimate of drug-likeness (QED) is 0.478. The summed E-state index contributed by atoms with van der Waals surface area (Å²) < 4.78 is 22.1. The maximum atomic E-state index is 15.2. The van der Waals surface area contributed by atoms with Gasteiger partial charge in [-0.05, 0) is 17.3 Å². The number of hydrogen-bond acceptors (Lipinski definition) is 9. The third-order valence-electron chi connectivity index (χ3n) is 5.49. The second-order valence-corrected chi connectivity index (χ2v) is 7.04. The summed E-state index contributed by atoms with van der Waals surface area (Å²) in [5.41, 5.74) is -0.0846. The molecular formula is C17H14FN7O4. The maximum absolute atomic E-state index is 15.2. The highest BCUT2D eigenvalue weighted by Gasteiger charge is 2.79. The van der Waals surface area contributed by atoms with Crippen LogP contribution in [0.4, 0.5) is 4.39 Å². The molecule has 1 aromatic carbocycles. The molecular weight excluding hydrogens is 385 g/mol. The molecule has 0 radical (unpaired) electrons. The van der Waals surface area contributed by atoms with Gasteiger partial charge in [0, 0.05) is 0 Å². The fraction of sp³-hybridized carbons (Fsp3) is 0.353. The molecule has 2 fully saturated rings. The molecule has 1 saturated carbocycles. The summed E-state index contributed by atoms with van der Waals surface area (Å²) in [6, 6.07) is 6.45. The Morgan fingerprint density at radius 2 is 2.10 bits per heavy atom. The summed E-state index contributed by atoms with van der Waals surface area (Å²) in [4.78, 5) is 19.5. The maximum Gasteiger partial charge on any atom is 0.280 e. The Bertz CT molecular complexity index is 1240. The van der Waals surface area contributed by atoms with Crippen molar-refractivity contribution in [2.45, 2.75) is 30.0 Å². The van der Waals surface area contributed by atoms with Crippen LogP contribution in [0.3, 0.4) is 0 Å². The van der Waals surface area contributed by atoms with Crippen molar-refractivity contribution in [3.63, 3.8) is 0 Å². The molecule has 148 valence electrons. The number of alkyl halides is 1. The lowest BCUT2D eigenvalue weighted by atomic mass is 10.1. The van der Waals surface area contributed by atoms with Crippen molar-refractivity contribution in [3.05, 3.63) is 36.9 Å². The van der Waals surface area contributed by atoms with Crippen molar-refractivity contribution in [2.75, 3.05) is 6.61 Å². The highest BCUT2D eigenvalue weighted by Crippen LogP contribution is 2.61. The van der Waals surface area contributed by atoms with Crippen molar-refractivity contribution in [1.82, 2.24) is 34.7 Å². The van der Waals surface area contributed by atoms with Gasteiger partial charge in [-0.2, -0.15) is 4.98 Å². The molecule has 1 unspecified atom stereocenters. The lowest BCUT2D eigenvalue weighted by molar-refractivity contribution is -0.0473. The Morgan fingerprint density at radius 3 is 2.90 bits per heavy atom. The number of aliphatic hydroxyl groups excluding tert-OH is 2. The van der Waals surface area contributed by atoms with Gasteiger partial charge in [0.25, 0.3) is 5.88 Å². The first-order valence-electron chi connectivity index (χ1n) is 8.92. The van der Waals surface area contributed by atoms with E-state index in [1.165, 1.54) is 22.1 Å². The van der Waals surface area contributed by atoms with E-state index in [2.05, 4.69) is 25.3 Å². The van der Waals surface area contributed by atoms with Crippen LogP contribution < -0.4 is 4.84 Å². The molecule has 4 aromatic rings. The van der Waals surface area contributed by atoms with Gasteiger partial charge in [0.2, 0.25) is 0 Å². The minimum Gasteiger partial charge on any atom is -0.394 e. The molecule has 0 amide bonds. The van der Waals surface area contributed by atoms with Crippen molar-refractivity contribution >= 4 is 22.2 Å². The monoisotopic (exact) mass is 399 g/mol. The zero-order chi connectivity index (χ0) is 19.8. The number of halogens is 1. The van der Waals surface area contributed by atoms with E-state index in [4.69, 9.17) is 9.57 Å². The van der Waals surface area contributed by atoms with Gasteiger partial charge in [-0.25, -0.2) is 14.4 Å². The van der Waals surface area contributed by atoms with Gasteiger partial charge in [0.15, 0.2) is 16.8 Å². The Hall–Kier alpha value is -3.22. The zero-order valence-electron chi connectivity index (χ0n) is 14.7. The van der Waals surface area contributed by atoms with Crippen molar-refractivity contribution in [2.24, 2.45) is 0 Å². The van der Waals surface area contributed by atoms with Gasteiger partial charge >= 0.3 is 0 Å². The predicted octanol–water partition coefficient (Wildman–Crippen LogP) is -0.203. The lowest BCUT2D eigenvalue weighted by Crippen LogP contribution is -2.37. The molecule has 29 heavy (non-hydrogen) atoms. The van der Waals surface area contributed by atoms with Gasteiger partial charge in [-0.15, -0.1) is 5.10 Å². The Kier molecular flexibility index (Phi) is 3.26. The summed E-state index contributed by atoms with van der Waals surface area (Å²) in [5, 5.41) is 27.3. The average Bonchev–Trinajstić information content (AvgIpc) is 3.11. The van der Waals surface area contributed by atoms with Gasteiger partial charge in [-0.1, -0.05) is 17.0 Å². The van der Waals surface area contributed by atoms with Gasteiger partial charge in [0.1, 0.15) is 41.7 Å². The zero-order valence-corrected chi connectivity index (χ0v) is 14.7. The molecule has 4 heterocycles. The number of benzene rings is 1. The van der Waals surface area contributed by atoms with Crippen LogP contribution >= 0.6 is 0 Å². The molecule has 2 N–H and O–H groups in total. The molecule has 2 aliphatic rings. The van der Waals surface area contributed by atoms with Crippen LogP contribution in [0.15, 0.2) is 36.9 Å².